The first-order valence-corrected chi connectivity index (χ1v) is 12.4. The van der Waals surface area contributed by atoms with Crippen molar-refractivity contribution in [3.05, 3.63) is 87.4 Å². The van der Waals surface area contributed by atoms with Crippen LogP contribution in [0.5, 0.6) is 11.5 Å². The van der Waals surface area contributed by atoms with E-state index in [4.69, 9.17) is 31.8 Å². The van der Waals surface area contributed by atoms with Crippen LogP contribution in [0.15, 0.2) is 76.3 Å². The maximum Gasteiger partial charge on any atom is 0.272 e. The predicted molar refractivity (Wildman–Crippen MR) is 147 cm³/mol. The number of hydrogen-bond acceptors (Lipinski definition) is 6. The Morgan fingerprint density at radius 1 is 1.11 bits per heavy atom. The van der Waals surface area contributed by atoms with Crippen LogP contribution in [0.3, 0.4) is 0 Å². The number of aromatic nitrogens is 1. The maximum atomic E-state index is 13.2. The van der Waals surface area contributed by atoms with Crippen molar-refractivity contribution in [2.24, 2.45) is 10.8 Å². The maximum absolute atomic E-state index is 13.2. The zero-order chi connectivity index (χ0) is 26.4. The molecule has 0 bridgehead atoms. The minimum absolute atomic E-state index is 0.292. The molecule has 0 saturated carbocycles. The summed E-state index contributed by atoms with van der Waals surface area (Å²) in [5.41, 5.74) is 11.0. The molecule has 1 aromatic heterocycles. The number of hydrazone groups is 1. The Morgan fingerprint density at radius 2 is 1.86 bits per heavy atom. The van der Waals surface area contributed by atoms with Crippen molar-refractivity contribution in [1.82, 2.24) is 10.4 Å². The Labute approximate surface area is 226 Å². The summed E-state index contributed by atoms with van der Waals surface area (Å²) in [4.78, 5) is 29.0. The molecule has 10 heteroatoms. The monoisotopic (exact) mass is 580 g/mol. The summed E-state index contributed by atoms with van der Waals surface area (Å²) in [6, 6.07) is 19.8. The molecule has 4 aromatic rings. The van der Waals surface area contributed by atoms with Gasteiger partial charge in [0.1, 0.15) is 0 Å². The number of benzene rings is 3. The van der Waals surface area contributed by atoms with Crippen molar-refractivity contribution >= 4 is 56.5 Å². The number of primary amides is 1. The van der Waals surface area contributed by atoms with Gasteiger partial charge in [-0.15, -0.1) is 0 Å². The smallest absolute Gasteiger partial charge is 0.272 e. The summed E-state index contributed by atoms with van der Waals surface area (Å²) in [6.45, 7) is 1.91. The summed E-state index contributed by atoms with van der Waals surface area (Å²) in [5, 5.41) is 5.44. The van der Waals surface area contributed by atoms with Crippen LogP contribution < -0.4 is 20.6 Å². The van der Waals surface area contributed by atoms with Gasteiger partial charge in [-0.2, -0.15) is 5.10 Å². The molecule has 0 atom stereocenters. The number of fused-ring (bicyclic) bond motifs is 1. The number of rotatable bonds is 9. The number of hydrogen-bond donors (Lipinski definition) is 2. The minimum atomic E-state index is -0.606. The highest BCUT2D eigenvalue weighted by atomic mass is 79.9. The fourth-order valence-electron chi connectivity index (χ4n) is 3.57. The molecule has 0 aliphatic carbocycles. The van der Waals surface area contributed by atoms with Crippen LogP contribution in [0.2, 0.25) is 5.02 Å². The van der Waals surface area contributed by atoms with Crippen LogP contribution in [-0.2, 0) is 4.79 Å². The van der Waals surface area contributed by atoms with Crippen molar-refractivity contribution in [1.29, 1.82) is 0 Å². The van der Waals surface area contributed by atoms with E-state index in [0.717, 1.165) is 5.56 Å². The largest absolute Gasteiger partial charge is 0.490 e. The van der Waals surface area contributed by atoms with Gasteiger partial charge in [-0.25, -0.2) is 10.4 Å². The van der Waals surface area contributed by atoms with Crippen LogP contribution in [-0.4, -0.2) is 36.2 Å². The van der Waals surface area contributed by atoms with E-state index >= 15 is 0 Å². The molecule has 0 aliphatic rings. The van der Waals surface area contributed by atoms with Crippen LogP contribution in [0, 0.1) is 0 Å². The van der Waals surface area contributed by atoms with Crippen molar-refractivity contribution < 1.29 is 19.1 Å². The average molecular weight is 582 g/mol. The first-order valence-electron chi connectivity index (χ1n) is 11.2. The van der Waals surface area contributed by atoms with E-state index in [1.54, 1.807) is 30.3 Å². The lowest BCUT2D eigenvalue weighted by atomic mass is 10.0. The highest BCUT2D eigenvalue weighted by molar-refractivity contribution is 9.10. The fourth-order valence-corrected chi connectivity index (χ4v) is 4.27. The lowest BCUT2D eigenvalue weighted by Gasteiger charge is -2.13. The lowest BCUT2D eigenvalue weighted by Crippen LogP contribution is -2.20. The van der Waals surface area contributed by atoms with Gasteiger partial charge in [-0.3, -0.25) is 9.59 Å². The third-order valence-electron chi connectivity index (χ3n) is 5.17. The summed E-state index contributed by atoms with van der Waals surface area (Å²) in [7, 11) is 0. The van der Waals surface area contributed by atoms with Crippen LogP contribution in [0.4, 0.5) is 0 Å². The van der Waals surface area contributed by atoms with E-state index in [1.165, 1.54) is 6.21 Å². The molecule has 0 radical (unpaired) electrons. The molecule has 8 nitrogen and oxygen atoms in total. The zero-order valence-corrected chi connectivity index (χ0v) is 22.0. The standard InChI is InChI=1S/C27H22BrClN4O4/c1-2-36-24-12-16(11-21(28)26(24)37-15-25(30)34)14-31-33-27(35)20-13-23(17-7-9-18(29)10-8-17)32-22-6-4-3-5-19(20)22/h3-14H,2,15H2,1H3,(H2,30,34)(H,33,35)/b31-14-. The number of pyridine rings is 1. The van der Waals surface area contributed by atoms with Gasteiger partial charge in [-0.1, -0.05) is 41.9 Å². The van der Waals surface area contributed by atoms with Crippen molar-refractivity contribution in [3.63, 3.8) is 0 Å². The number of ether oxygens (including phenoxy) is 2. The number of carbonyl (C=O) groups excluding carboxylic acids is 2. The van der Waals surface area contributed by atoms with Gasteiger partial charge in [0.2, 0.25) is 0 Å². The van der Waals surface area contributed by atoms with E-state index in [1.807, 2.05) is 43.3 Å². The highest BCUT2D eigenvalue weighted by Gasteiger charge is 2.15. The van der Waals surface area contributed by atoms with E-state index in [9.17, 15) is 9.59 Å². The molecule has 3 N–H and O–H groups in total. The summed E-state index contributed by atoms with van der Waals surface area (Å²) in [6.07, 6.45) is 1.48. The topological polar surface area (TPSA) is 116 Å². The molecular weight excluding hydrogens is 560 g/mol. The average Bonchev–Trinajstić information content (AvgIpc) is 2.88. The van der Waals surface area contributed by atoms with Gasteiger partial charge in [-0.05, 0) is 64.8 Å². The number of carbonyl (C=O) groups is 2. The number of para-hydroxylation sites is 1. The van der Waals surface area contributed by atoms with E-state index in [0.29, 0.717) is 55.3 Å². The highest BCUT2D eigenvalue weighted by Crippen LogP contribution is 2.36. The number of halogens is 2. The van der Waals surface area contributed by atoms with Crippen LogP contribution in [0.25, 0.3) is 22.2 Å². The second-order valence-electron chi connectivity index (χ2n) is 7.80. The molecule has 37 heavy (non-hydrogen) atoms. The normalized spacial score (nSPS) is 11.0. The van der Waals surface area contributed by atoms with Gasteiger partial charge in [0.15, 0.2) is 18.1 Å². The van der Waals surface area contributed by atoms with Crippen LogP contribution >= 0.6 is 27.5 Å². The molecule has 3 aromatic carbocycles. The Hall–Kier alpha value is -3.95. The number of nitrogens with zero attached hydrogens (tertiary/aromatic N) is 2. The lowest BCUT2D eigenvalue weighted by molar-refractivity contribution is -0.119. The molecule has 0 saturated heterocycles. The zero-order valence-electron chi connectivity index (χ0n) is 19.7. The van der Waals surface area contributed by atoms with Crippen molar-refractivity contribution in [2.45, 2.75) is 6.92 Å². The van der Waals surface area contributed by atoms with Gasteiger partial charge < -0.3 is 15.2 Å². The Morgan fingerprint density at radius 3 is 2.59 bits per heavy atom. The first-order chi connectivity index (χ1) is 17.9. The Kier molecular flexibility index (Phi) is 8.37. The molecule has 188 valence electrons. The molecule has 0 unspecified atom stereocenters. The molecule has 4 rings (SSSR count). The molecule has 0 fully saturated rings. The second-order valence-corrected chi connectivity index (χ2v) is 9.09. The Bertz CT molecular complexity index is 1490. The number of amides is 2. The summed E-state index contributed by atoms with van der Waals surface area (Å²) < 4.78 is 11.6. The third-order valence-corrected chi connectivity index (χ3v) is 6.01. The van der Waals surface area contributed by atoms with E-state index in [2.05, 4.69) is 26.5 Å². The number of nitrogens with one attached hydrogen (secondary N) is 1. The number of nitrogens with two attached hydrogens (primary N) is 1. The van der Waals surface area contributed by atoms with Gasteiger partial charge in [0.05, 0.1) is 34.1 Å². The van der Waals surface area contributed by atoms with Gasteiger partial charge in [0.25, 0.3) is 11.8 Å². The minimum Gasteiger partial charge on any atom is -0.490 e. The third kappa shape index (κ3) is 6.44. The van der Waals surface area contributed by atoms with Gasteiger partial charge in [0, 0.05) is 16.0 Å². The Balaban J connectivity index is 1.60. The van der Waals surface area contributed by atoms with E-state index in [-0.39, 0.29) is 6.61 Å². The summed E-state index contributed by atoms with van der Waals surface area (Å²) in [5.74, 6) is -0.250. The van der Waals surface area contributed by atoms with Crippen molar-refractivity contribution in [2.75, 3.05) is 13.2 Å². The molecular formula is C27H22BrClN4O4. The fraction of sp³-hybridized carbons (Fsp3) is 0.111. The first kappa shape index (κ1) is 26.1. The molecule has 1 heterocycles. The molecule has 2 amide bonds. The van der Waals surface area contributed by atoms with Crippen molar-refractivity contribution in [3.8, 4) is 22.8 Å². The quantitative estimate of drug-likeness (QED) is 0.204. The molecule has 0 aliphatic heterocycles. The van der Waals surface area contributed by atoms with Crippen LogP contribution in [0.1, 0.15) is 22.8 Å². The van der Waals surface area contributed by atoms with Gasteiger partial charge >= 0.3 is 0 Å². The van der Waals surface area contributed by atoms with E-state index < -0.39 is 11.8 Å². The molecule has 0 spiro atoms. The second kappa shape index (κ2) is 11.9. The summed E-state index contributed by atoms with van der Waals surface area (Å²) >= 11 is 9.44. The predicted octanol–water partition coefficient (Wildman–Crippen LogP) is 5.34. The SMILES string of the molecule is CCOc1cc(/C=N\NC(=O)c2cc(-c3ccc(Cl)cc3)nc3ccccc23)cc(Br)c1OCC(N)=O.